The minimum absolute atomic E-state index is 0.428. The fourth-order valence-electron chi connectivity index (χ4n) is 2.31. The molecule has 0 aliphatic carbocycles. The molecule has 0 bridgehead atoms. The molecule has 4 heteroatoms. The standard InChI is InChI=1S/C16H14ClIN2/c1-11-2-4-12(5-3-11)10-20-15-7-6-13(18)8-14(15)19-16(20)9-17/h2-8H,9-10H2,1H3. The summed E-state index contributed by atoms with van der Waals surface area (Å²) in [6, 6.07) is 14.9. The molecule has 1 aromatic heterocycles. The maximum absolute atomic E-state index is 6.05. The van der Waals surface area contributed by atoms with Crippen LogP contribution >= 0.6 is 34.2 Å². The molecular weight excluding hydrogens is 383 g/mol. The number of halogens is 2. The van der Waals surface area contributed by atoms with E-state index in [2.05, 4.69) is 81.5 Å². The van der Waals surface area contributed by atoms with Crippen LogP contribution < -0.4 is 0 Å². The van der Waals surface area contributed by atoms with Gasteiger partial charge in [0.1, 0.15) is 5.82 Å². The fraction of sp³-hybridized carbons (Fsp3) is 0.188. The van der Waals surface area contributed by atoms with Crippen molar-refractivity contribution in [3.05, 3.63) is 63.0 Å². The highest BCUT2D eigenvalue weighted by atomic mass is 127. The summed E-state index contributed by atoms with van der Waals surface area (Å²) in [6.45, 7) is 2.90. The van der Waals surface area contributed by atoms with Gasteiger partial charge in [0.05, 0.1) is 16.9 Å². The van der Waals surface area contributed by atoms with E-state index in [-0.39, 0.29) is 0 Å². The van der Waals surface area contributed by atoms with Crippen molar-refractivity contribution in [2.24, 2.45) is 0 Å². The van der Waals surface area contributed by atoms with E-state index in [9.17, 15) is 0 Å². The highest BCUT2D eigenvalue weighted by molar-refractivity contribution is 14.1. The summed E-state index contributed by atoms with van der Waals surface area (Å²) < 4.78 is 3.39. The summed E-state index contributed by atoms with van der Waals surface area (Å²) >= 11 is 8.36. The van der Waals surface area contributed by atoms with Gasteiger partial charge in [0.25, 0.3) is 0 Å². The predicted molar refractivity (Wildman–Crippen MR) is 92.3 cm³/mol. The van der Waals surface area contributed by atoms with E-state index in [1.807, 2.05) is 0 Å². The lowest BCUT2D eigenvalue weighted by atomic mass is 10.1. The Kier molecular flexibility index (Phi) is 3.98. The van der Waals surface area contributed by atoms with E-state index in [0.29, 0.717) is 5.88 Å². The molecule has 0 N–H and O–H groups in total. The number of hydrogen-bond acceptors (Lipinski definition) is 1. The fourth-order valence-corrected chi connectivity index (χ4v) is 2.99. The van der Waals surface area contributed by atoms with Gasteiger partial charge in [0.2, 0.25) is 0 Å². The molecule has 0 unspecified atom stereocenters. The van der Waals surface area contributed by atoms with Crippen LogP contribution in [0.3, 0.4) is 0 Å². The van der Waals surface area contributed by atoms with Crippen molar-refractivity contribution < 1.29 is 0 Å². The molecule has 3 aromatic rings. The molecule has 0 saturated carbocycles. The van der Waals surface area contributed by atoms with Crippen LogP contribution in [0.15, 0.2) is 42.5 Å². The first kappa shape index (κ1) is 13.9. The molecule has 2 nitrogen and oxygen atoms in total. The zero-order chi connectivity index (χ0) is 14.1. The first-order chi connectivity index (χ1) is 9.67. The molecule has 0 fully saturated rings. The number of fused-ring (bicyclic) bond motifs is 1. The lowest BCUT2D eigenvalue weighted by Crippen LogP contribution is -2.03. The second-order valence-electron chi connectivity index (χ2n) is 4.87. The molecule has 0 amide bonds. The van der Waals surface area contributed by atoms with Crippen LogP contribution in [0, 0.1) is 10.5 Å². The first-order valence-corrected chi connectivity index (χ1v) is 8.05. The third kappa shape index (κ3) is 2.69. The van der Waals surface area contributed by atoms with Crippen molar-refractivity contribution in [3.8, 4) is 0 Å². The van der Waals surface area contributed by atoms with Crippen molar-refractivity contribution in [1.82, 2.24) is 9.55 Å². The average Bonchev–Trinajstić information content (AvgIpc) is 2.78. The van der Waals surface area contributed by atoms with Gasteiger partial charge >= 0.3 is 0 Å². The average molecular weight is 397 g/mol. The van der Waals surface area contributed by atoms with Crippen LogP contribution in [0.1, 0.15) is 17.0 Å². The summed E-state index contributed by atoms with van der Waals surface area (Å²) in [5.74, 6) is 1.35. The van der Waals surface area contributed by atoms with Crippen LogP contribution in [0.4, 0.5) is 0 Å². The minimum atomic E-state index is 0.428. The number of alkyl halides is 1. The zero-order valence-corrected chi connectivity index (χ0v) is 14.0. The number of aromatic nitrogens is 2. The Hall–Kier alpha value is -1.07. The van der Waals surface area contributed by atoms with E-state index < -0.39 is 0 Å². The highest BCUT2D eigenvalue weighted by Gasteiger charge is 2.10. The van der Waals surface area contributed by atoms with E-state index in [0.717, 1.165) is 23.4 Å². The van der Waals surface area contributed by atoms with Gasteiger partial charge < -0.3 is 4.57 Å². The van der Waals surface area contributed by atoms with Crippen LogP contribution in [0.5, 0.6) is 0 Å². The smallest absolute Gasteiger partial charge is 0.125 e. The molecule has 0 atom stereocenters. The van der Waals surface area contributed by atoms with Crippen LogP contribution in [-0.4, -0.2) is 9.55 Å². The van der Waals surface area contributed by atoms with Crippen LogP contribution in [0.2, 0.25) is 0 Å². The predicted octanol–water partition coefficient (Wildman–Crippen LogP) is 4.74. The van der Waals surface area contributed by atoms with Gasteiger partial charge in [-0.3, -0.25) is 0 Å². The largest absolute Gasteiger partial charge is 0.322 e. The Bertz CT molecular complexity index is 747. The van der Waals surface area contributed by atoms with E-state index in [1.54, 1.807) is 0 Å². The third-order valence-electron chi connectivity index (χ3n) is 3.37. The number of hydrogen-bond donors (Lipinski definition) is 0. The van der Waals surface area contributed by atoms with Gasteiger partial charge in [-0.25, -0.2) is 4.98 Å². The molecule has 0 saturated heterocycles. The zero-order valence-electron chi connectivity index (χ0n) is 11.1. The molecule has 102 valence electrons. The van der Waals surface area contributed by atoms with Gasteiger partial charge in [-0.2, -0.15) is 0 Å². The Morgan fingerprint density at radius 2 is 1.90 bits per heavy atom. The van der Waals surface area contributed by atoms with Crippen molar-refractivity contribution in [1.29, 1.82) is 0 Å². The van der Waals surface area contributed by atoms with Crippen molar-refractivity contribution in [2.75, 3.05) is 0 Å². The quantitative estimate of drug-likeness (QED) is 0.462. The van der Waals surface area contributed by atoms with Crippen molar-refractivity contribution in [2.45, 2.75) is 19.3 Å². The van der Waals surface area contributed by atoms with Crippen molar-refractivity contribution in [3.63, 3.8) is 0 Å². The number of rotatable bonds is 3. The number of aryl methyl sites for hydroxylation is 1. The van der Waals surface area contributed by atoms with E-state index >= 15 is 0 Å². The summed E-state index contributed by atoms with van der Waals surface area (Å²) in [6.07, 6.45) is 0. The Balaban J connectivity index is 2.07. The maximum atomic E-state index is 6.05. The summed E-state index contributed by atoms with van der Waals surface area (Å²) in [4.78, 5) is 4.63. The van der Waals surface area contributed by atoms with Gasteiger partial charge in [0, 0.05) is 10.1 Å². The summed E-state index contributed by atoms with van der Waals surface area (Å²) in [5, 5.41) is 0. The molecule has 0 aliphatic heterocycles. The van der Waals surface area contributed by atoms with Crippen LogP contribution in [-0.2, 0) is 12.4 Å². The third-order valence-corrected chi connectivity index (χ3v) is 4.28. The van der Waals surface area contributed by atoms with Crippen molar-refractivity contribution >= 4 is 45.2 Å². The Morgan fingerprint density at radius 3 is 2.60 bits per heavy atom. The normalized spacial score (nSPS) is 11.2. The van der Waals surface area contributed by atoms with Gasteiger partial charge in [-0.05, 0) is 53.3 Å². The topological polar surface area (TPSA) is 17.8 Å². The molecular formula is C16H14ClIN2. The number of nitrogens with zero attached hydrogens (tertiary/aromatic N) is 2. The Labute approximate surface area is 136 Å². The second-order valence-corrected chi connectivity index (χ2v) is 6.38. The van der Waals surface area contributed by atoms with E-state index in [4.69, 9.17) is 11.6 Å². The molecule has 20 heavy (non-hydrogen) atoms. The minimum Gasteiger partial charge on any atom is -0.322 e. The first-order valence-electron chi connectivity index (χ1n) is 6.43. The molecule has 0 aliphatic rings. The Morgan fingerprint density at radius 1 is 1.15 bits per heavy atom. The van der Waals surface area contributed by atoms with Gasteiger partial charge in [-0.1, -0.05) is 29.8 Å². The highest BCUT2D eigenvalue weighted by Crippen LogP contribution is 2.21. The molecule has 2 aromatic carbocycles. The summed E-state index contributed by atoms with van der Waals surface area (Å²) in [5.41, 5.74) is 4.69. The van der Waals surface area contributed by atoms with Crippen LogP contribution in [0.25, 0.3) is 11.0 Å². The molecule has 0 radical (unpaired) electrons. The van der Waals surface area contributed by atoms with Gasteiger partial charge in [0.15, 0.2) is 0 Å². The number of imidazole rings is 1. The molecule has 0 spiro atoms. The lowest BCUT2D eigenvalue weighted by molar-refractivity contribution is 0.778. The van der Waals surface area contributed by atoms with Gasteiger partial charge in [-0.15, -0.1) is 11.6 Å². The maximum Gasteiger partial charge on any atom is 0.125 e. The number of benzene rings is 2. The molecule has 1 heterocycles. The second kappa shape index (κ2) is 5.74. The SMILES string of the molecule is Cc1ccc(Cn2c(CCl)nc3cc(I)ccc32)cc1. The van der Waals surface area contributed by atoms with E-state index in [1.165, 1.54) is 14.7 Å². The lowest BCUT2D eigenvalue weighted by Gasteiger charge is -2.08. The monoisotopic (exact) mass is 396 g/mol. The molecule has 3 rings (SSSR count). The summed E-state index contributed by atoms with van der Waals surface area (Å²) in [7, 11) is 0.